The number of ether oxygens (including phenoxy) is 1. The maximum Gasteiger partial charge on any atom is 0.413 e. The fourth-order valence-corrected chi connectivity index (χ4v) is 4.42. The predicted molar refractivity (Wildman–Crippen MR) is 91.8 cm³/mol. The maximum absolute atomic E-state index is 13.3. The number of thiophene rings is 1. The molecule has 0 saturated carbocycles. The third kappa shape index (κ3) is 3.30. The summed E-state index contributed by atoms with van der Waals surface area (Å²) in [5.41, 5.74) is 0.785. The van der Waals surface area contributed by atoms with Gasteiger partial charge in [0.2, 0.25) is 0 Å². The Hall–Kier alpha value is -1.92. The maximum atomic E-state index is 13.3. The molecule has 4 heterocycles. The van der Waals surface area contributed by atoms with E-state index in [-0.39, 0.29) is 11.9 Å². The predicted octanol–water partition coefficient (Wildman–Crippen LogP) is 3.74. The van der Waals surface area contributed by atoms with E-state index in [9.17, 15) is 9.18 Å². The van der Waals surface area contributed by atoms with Gasteiger partial charge in [-0.2, -0.15) is 0 Å². The van der Waals surface area contributed by atoms with E-state index >= 15 is 0 Å². The number of nitrogens with one attached hydrogen (secondary N) is 1. The number of rotatable bonds is 3. The largest absolute Gasteiger partial charge is 0.413 e. The molecule has 0 radical (unpaired) electrons. The van der Waals surface area contributed by atoms with Crippen molar-refractivity contribution >= 4 is 17.4 Å². The fraction of sp³-hybridized carbons (Fsp3) is 0.389. The number of halogens is 1. The normalized spacial score (nSPS) is 25.5. The van der Waals surface area contributed by atoms with Crippen LogP contribution < -0.4 is 10.1 Å². The molecule has 2 bridgehead atoms. The number of carbonyl (C=O) groups is 1. The summed E-state index contributed by atoms with van der Waals surface area (Å²) >= 11 is 1.34. The highest BCUT2D eigenvalue weighted by Gasteiger charge is 2.35. The lowest BCUT2D eigenvalue weighted by Crippen LogP contribution is -2.57. The fourth-order valence-electron chi connectivity index (χ4n) is 3.57. The lowest BCUT2D eigenvalue weighted by Gasteiger charge is -2.44. The summed E-state index contributed by atoms with van der Waals surface area (Å²) in [5.74, 6) is 0.289. The summed E-state index contributed by atoms with van der Waals surface area (Å²) < 4.78 is 18.7. The number of nitrogens with zero attached hydrogens (tertiary/aromatic N) is 1. The van der Waals surface area contributed by atoms with Crippen molar-refractivity contribution in [1.82, 2.24) is 10.2 Å². The number of carbonyl (C=O) groups excluding carboxylic acids is 1. The van der Waals surface area contributed by atoms with Gasteiger partial charge in [-0.3, -0.25) is 0 Å². The number of amides is 1. The Morgan fingerprint density at radius 1 is 1.25 bits per heavy atom. The van der Waals surface area contributed by atoms with Gasteiger partial charge in [-0.05, 0) is 61.7 Å². The lowest BCUT2D eigenvalue weighted by atomic mass is 9.84. The van der Waals surface area contributed by atoms with Gasteiger partial charge in [0.25, 0.3) is 0 Å². The summed E-state index contributed by atoms with van der Waals surface area (Å²) in [4.78, 5) is 15.4. The third-order valence-corrected chi connectivity index (χ3v) is 5.86. The molecular formula is C18H19FN2O2S. The van der Waals surface area contributed by atoms with Gasteiger partial charge in [0.1, 0.15) is 5.82 Å². The van der Waals surface area contributed by atoms with Gasteiger partial charge in [-0.1, -0.05) is 23.5 Å². The highest BCUT2D eigenvalue weighted by Crippen LogP contribution is 2.33. The van der Waals surface area contributed by atoms with Gasteiger partial charge in [0.05, 0.1) is 0 Å². The number of piperidine rings is 3. The van der Waals surface area contributed by atoms with Gasteiger partial charge in [0, 0.05) is 17.5 Å². The average molecular weight is 346 g/mol. The average Bonchev–Trinajstić information content (AvgIpc) is 3.04. The molecule has 1 N–H and O–H groups in total. The molecule has 3 fully saturated rings. The van der Waals surface area contributed by atoms with Gasteiger partial charge < -0.3 is 15.0 Å². The zero-order valence-corrected chi connectivity index (χ0v) is 14.0. The smallest absolute Gasteiger partial charge is 0.399 e. The van der Waals surface area contributed by atoms with Crippen LogP contribution in [0, 0.1) is 11.7 Å². The molecule has 4 nitrogen and oxygen atoms in total. The molecule has 3 saturated heterocycles. The third-order valence-electron chi connectivity index (χ3n) is 4.84. The highest BCUT2D eigenvalue weighted by atomic mass is 32.1. The van der Waals surface area contributed by atoms with Gasteiger partial charge in [0.15, 0.2) is 5.06 Å². The Morgan fingerprint density at radius 2 is 2.08 bits per heavy atom. The summed E-state index contributed by atoms with van der Waals surface area (Å²) in [5, 5.41) is 3.52. The molecule has 3 aliphatic rings. The van der Waals surface area contributed by atoms with Crippen LogP contribution in [0.4, 0.5) is 9.18 Å². The second-order valence-electron chi connectivity index (χ2n) is 6.41. The topological polar surface area (TPSA) is 41.6 Å². The molecule has 1 aromatic carbocycles. The van der Waals surface area contributed by atoms with E-state index in [4.69, 9.17) is 4.74 Å². The number of benzene rings is 1. The Balaban J connectivity index is 1.38. The summed E-state index contributed by atoms with van der Waals surface area (Å²) in [6, 6.07) is 10.2. The van der Waals surface area contributed by atoms with Crippen LogP contribution in [0.3, 0.4) is 0 Å². The monoisotopic (exact) mass is 346 g/mol. The quantitative estimate of drug-likeness (QED) is 0.921. The molecule has 6 heteroatoms. The first-order valence-electron chi connectivity index (χ1n) is 8.24. The molecule has 3 aliphatic heterocycles. The van der Waals surface area contributed by atoms with Crippen LogP contribution in [0.5, 0.6) is 5.06 Å². The molecule has 5 rings (SSSR count). The first-order valence-corrected chi connectivity index (χ1v) is 9.05. The number of hydrogen-bond acceptors (Lipinski definition) is 4. The second kappa shape index (κ2) is 6.53. The Kier molecular flexibility index (Phi) is 4.24. The number of fused-ring (bicyclic) bond motifs is 3. The van der Waals surface area contributed by atoms with E-state index in [1.54, 1.807) is 12.1 Å². The molecule has 1 amide bonds. The molecule has 24 heavy (non-hydrogen) atoms. The Morgan fingerprint density at radius 3 is 2.79 bits per heavy atom. The SMILES string of the molecule is O=C(N[C@H]1CN2CCC1CC2)Oc1ccc(-c2cccc(F)c2)s1. The zero-order valence-electron chi connectivity index (χ0n) is 13.2. The number of hydrogen-bond donors (Lipinski definition) is 1. The second-order valence-corrected chi connectivity index (χ2v) is 7.45. The Labute approximate surface area is 144 Å². The van der Waals surface area contributed by atoms with E-state index in [1.165, 1.54) is 23.5 Å². The van der Waals surface area contributed by atoms with E-state index in [2.05, 4.69) is 10.2 Å². The van der Waals surface area contributed by atoms with Crippen LogP contribution >= 0.6 is 11.3 Å². The van der Waals surface area contributed by atoms with Crippen LogP contribution in [0.1, 0.15) is 12.8 Å². The Bertz CT molecular complexity index is 740. The minimum atomic E-state index is -0.401. The standard InChI is InChI=1S/C18H19FN2O2S/c19-14-3-1-2-13(10-14)16-4-5-17(24-16)23-18(22)20-15-11-21-8-6-12(15)7-9-21/h1-5,10,12,15H,6-9,11H2,(H,20,22)/t15-/m0/s1. The molecule has 1 atom stereocenters. The molecule has 0 spiro atoms. The summed E-state index contributed by atoms with van der Waals surface area (Å²) in [7, 11) is 0. The van der Waals surface area contributed by atoms with Crippen LogP contribution in [0.25, 0.3) is 10.4 Å². The zero-order chi connectivity index (χ0) is 16.5. The first-order chi connectivity index (χ1) is 11.7. The molecule has 1 aromatic heterocycles. The van der Waals surface area contributed by atoms with E-state index in [1.807, 2.05) is 12.1 Å². The molecule has 0 aliphatic carbocycles. The van der Waals surface area contributed by atoms with Crippen LogP contribution in [0.2, 0.25) is 0 Å². The minimum Gasteiger partial charge on any atom is -0.399 e. The van der Waals surface area contributed by atoms with Gasteiger partial charge in [-0.15, -0.1) is 0 Å². The molecule has 126 valence electrons. The van der Waals surface area contributed by atoms with E-state index < -0.39 is 6.09 Å². The molecular weight excluding hydrogens is 327 g/mol. The lowest BCUT2D eigenvalue weighted by molar-refractivity contribution is 0.0726. The summed E-state index contributed by atoms with van der Waals surface area (Å²) in [6.07, 6.45) is 1.89. The van der Waals surface area contributed by atoms with Crippen molar-refractivity contribution in [1.29, 1.82) is 0 Å². The van der Waals surface area contributed by atoms with Crippen molar-refractivity contribution < 1.29 is 13.9 Å². The van der Waals surface area contributed by atoms with Crippen LogP contribution in [0.15, 0.2) is 36.4 Å². The summed E-state index contributed by atoms with van der Waals surface area (Å²) in [6.45, 7) is 3.19. The van der Waals surface area contributed by atoms with Crippen molar-refractivity contribution in [2.24, 2.45) is 5.92 Å². The van der Waals surface area contributed by atoms with Gasteiger partial charge in [-0.25, -0.2) is 9.18 Å². The van der Waals surface area contributed by atoms with Crippen molar-refractivity contribution in [2.75, 3.05) is 19.6 Å². The van der Waals surface area contributed by atoms with E-state index in [0.717, 1.165) is 42.9 Å². The van der Waals surface area contributed by atoms with Crippen molar-refractivity contribution in [2.45, 2.75) is 18.9 Å². The molecule has 0 unspecified atom stereocenters. The van der Waals surface area contributed by atoms with Crippen LogP contribution in [-0.4, -0.2) is 36.7 Å². The minimum absolute atomic E-state index is 0.183. The molecule has 2 aromatic rings. The first kappa shape index (κ1) is 15.6. The van der Waals surface area contributed by atoms with Gasteiger partial charge >= 0.3 is 6.09 Å². The van der Waals surface area contributed by atoms with Crippen molar-refractivity contribution in [3.8, 4) is 15.5 Å². The van der Waals surface area contributed by atoms with Crippen LogP contribution in [-0.2, 0) is 0 Å². The van der Waals surface area contributed by atoms with Crippen molar-refractivity contribution in [3.05, 3.63) is 42.2 Å². The van der Waals surface area contributed by atoms with E-state index in [0.29, 0.717) is 11.0 Å². The van der Waals surface area contributed by atoms with Crippen molar-refractivity contribution in [3.63, 3.8) is 0 Å². The highest BCUT2D eigenvalue weighted by molar-refractivity contribution is 7.17.